The zero-order valence-corrected chi connectivity index (χ0v) is 9.50. The van der Waals surface area contributed by atoms with E-state index in [1.54, 1.807) is 12.2 Å². The van der Waals surface area contributed by atoms with Crippen LogP contribution in [0.3, 0.4) is 0 Å². The predicted molar refractivity (Wildman–Crippen MR) is 53.4 cm³/mol. The van der Waals surface area contributed by atoms with Crippen molar-refractivity contribution in [3.05, 3.63) is 0 Å². The summed E-state index contributed by atoms with van der Waals surface area (Å²) < 4.78 is 35.8. The standard InChI is InChI=1S/C9H12F3N3O3/c1-2-5-7(17)14-6(16)3-15(5)8(18)13-4-9(10,11)12/h5H,2-4H2,1H3,(H,13,18)(H,14,16,17). The van der Waals surface area contributed by atoms with Crippen molar-refractivity contribution in [3.8, 4) is 0 Å². The summed E-state index contributed by atoms with van der Waals surface area (Å²) >= 11 is 0. The molecule has 0 saturated carbocycles. The van der Waals surface area contributed by atoms with Gasteiger partial charge in [0.05, 0.1) is 0 Å². The molecule has 102 valence electrons. The van der Waals surface area contributed by atoms with Gasteiger partial charge in [-0.2, -0.15) is 13.2 Å². The second-order valence-electron chi connectivity index (χ2n) is 3.74. The highest BCUT2D eigenvalue weighted by atomic mass is 19.4. The van der Waals surface area contributed by atoms with E-state index in [4.69, 9.17) is 0 Å². The number of imide groups is 1. The van der Waals surface area contributed by atoms with Gasteiger partial charge >= 0.3 is 12.2 Å². The van der Waals surface area contributed by atoms with E-state index in [2.05, 4.69) is 0 Å². The van der Waals surface area contributed by atoms with E-state index in [0.717, 1.165) is 4.90 Å². The maximum absolute atomic E-state index is 11.9. The van der Waals surface area contributed by atoms with Gasteiger partial charge in [0.25, 0.3) is 0 Å². The quantitative estimate of drug-likeness (QED) is 0.691. The molecule has 1 rings (SSSR count). The number of hydrogen-bond donors (Lipinski definition) is 2. The lowest BCUT2D eigenvalue weighted by molar-refractivity contribution is -0.138. The third kappa shape index (κ3) is 3.60. The number of carbonyl (C=O) groups is 3. The lowest BCUT2D eigenvalue weighted by atomic mass is 10.1. The lowest BCUT2D eigenvalue weighted by Gasteiger charge is -2.33. The normalized spacial score (nSPS) is 20.7. The van der Waals surface area contributed by atoms with Crippen LogP contribution in [0.2, 0.25) is 0 Å². The number of hydrogen-bond acceptors (Lipinski definition) is 3. The van der Waals surface area contributed by atoms with Crippen LogP contribution in [0.15, 0.2) is 0 Å². The monoisotopic (exact) mass is 267 g/mol. The van der Waals surface area contributed by atoms with E-state index in [1.807, 2.05) is 5.32 Å². The van der Waals surface area contributed by atoms with Crippen LogP contribution in [0.5, 0.6) is 0 Å². The summed E-state index contributed by atoms with van der Waals surface area (Å²) in [4.78, 5) is 34.7. The van der Waals surface area contributed by atoms with Gasteiger partial charge in [-0.25, -0.2) is 4.79 Å². The molecule has 0 aromatic rings. The molecule has 0 radical (unpaired) electrons. The van der Waals surface area contributed by atoms with Gasteiger partial charge in [-0.05, 0) is 6.42 Å². The number of alkyl halides is 3. The molecular formula is C9H12F3N3O3. The average Bonchev–Trinajstić information content (AvgIpc) is 2.24. The molecule has 1 aliphatic heterocycles. The summed E-state index contributed by atoms with van der Waals surface area (Å²) in [5.41, 5.74) is 0. The molecule has 4 amide bonds. The molecular weight excluding hydrogens is 255 g/mol. The van der Waals surface area contributed by atoms with Crippen molar-refractivity contribution in [3.63, 3.8) is 0 Å². The zero-order chi connectivity index (χ0) is 13.9. The molecule has 1 heterocycles. The van der Waals surface area contributed by atoms with Crippen LogP contribution in [0.1, 0.15) is 13.3 Å². The fourth-order valence-corrected chi connectivity index (χ4v) is 1.56. The Bertz CT molecular complexity index is 370. The summed E-state index contributed by atoms with van der Waals surface area (Å²) in [6, 6.07) is -2.02. The van der Waals surface area contributed by atoms with E-state index in [9.17, 15) is 27.6 Å². The first-order valence-electron chi connectivity index (χ1n) is 5.19. The minimum absolute atomic E-state index is 0.207. The molecule has 0 aromatic carbocycles. The minimum Gasteiger partial charge on any atom is -0.329 e. The molecule has 0 aromatic heterocycles. The fourth-order valence-electron chi connectivity index (χ4n) is 1.56. The summed E-state index contributed by atoms with van der Waals surface area (Å²) in [5, 5.41) is 3.64. The number of piperazine rings is 1. The van der Waals surface area contributed by atoms with Gasteiger partial charge in [-0.3, -0.25) is 14.9 Å². The van der Waals surface area contributed by atoms with E-state index >= 15 is 0 Å². The molecule has 0 spiro atoms. The highest BCUT2D eigenvalue weighted by Gasteiger charge is 2.37. The number of halogens is 3. The largest absolute Gasteiger partial charge is 0.405 e. The first kappa shape index (κ1) is 14.3. The number of rotatable bonds is 2. The Morgan fingerprint density at radius 1 is 1.50 bits per heavy atom. The third-order valence-corrected chi connectivity index (χ3v) is 2.34. The summed E-state index contributed by atoms with van der Waals surface area (Å²) in [6.07, 6.45) is -4.34. The van der Waals surface area contributed by atoms with Gasteiger partial charge in [-0.1, -0.05) is 6.92 Å². The van der Waals surface area contributed by atoms with Gasteiger partial charge < -0.3 is 10.2 Å². The van der Waals surface area contributed by atoms with Crippen molar-refractivity contribution in [2.75, 3.05) is 13.1 Å². The van der Waals surface area contributed by atoms with Crippen molar-refractivity contribution in [1.82, 2.24) is 15.5 Å². The van der Waals surface area contributed by atoms with Crippen LogP contribution in [-0.2, 0) is 9.59 Å². The first-order valence-corrected chi connectivity index (χ1v) is 5.19. The molecule has 18 heavy (non-hydrogen) atoms. The Morgan fingerprint density at radius 2 is 2.11 bits per heavy atom. The number of amides is 4. The summed E-state index contributed by atoms with van der Waals surface area (Å²) in [6.45, 7) is -0.355. The van der Waals surface area contributed by atoms with Crippen LogP contribution < -0.4 is 10.6 Å². The fraction of sp³-hybridized carbons (Fsp3) is 0.667. The Kier molecular flexibility index (Phi) is 4.15. The van der Waals surface area contributed by atoms with Crippen LogP contribution >= 0.6 is 0 Å². The van der Waals surface area contributed by atoms with Gasteiger partial charge in [0.15, 0.2) is 0 Å². The molecule has 1 atom stereocenters. The first-order chi connectivity index (χ1) is 8.24. The minimum atomic E-state index is -4.54. The van der Waals surface area contributed by atoms with Gasteiger partial charge in [0, 0.05) is 0 Å². The highest BCUT2D eigenvalue weighted by molar-refractivity contribution is 6.04. The molecule has 6 nitrogen and oxygen atoms in total. The average molecular weight is 267 g/mol. The van der Waals surface area contributed by atoms with E-state index in [1.165, 1.54) is 0 Å². The topological polar surface area (TPSA) is 78.5 Å². The van der Waals surface area contributed by atoms with Gasteiger partial charge in [0.1, 0.15) is 19.1 Å². The molecule has 9 heteroatoms. The Balaban J connectivity index is 2.69. The van der Waals surface area contributed by atoms with Crippen molar-refractivity contribution in [2.45, 2.75) is 25.6 Å². The molecule has 1 fully saturated rings. The Morgan fingerprint density at radius 3 is 2.61 bits per heavy atom. The number of carbonyl (C=O) groups excluding carboxylic acids is 3. The van der Waals surface area contributed by atoms with Crippen molar-refractivity contribution >= 4 is 17.8 Å². The molecule has 2 N–H and O–H groups in total. The second kappa shape index (κ2) is 5.23. The van der Waals surface area contributed by atoms with E-state index < -0.39 is 43.2 Å². The number of nitrogens with zero attached hydrogens (tertiary/aromatic N) is 1. The van der Waals surface area contributed by atoms with Crippen molar-refractivity contribution < 1.29 is 27.6 Å². The van der Waals surface area contributed by atoms with Crippen LogP contribution in [-0.4, -0.2) is 48.1 Å². The molecule has 0 bridgehead atoms. The second-order valence-corrected chi connectivity index (χ2v) is 3.74. The Hall–Kier alpha value is -1.80. The predicted octanol–water partition coefficient (Wildman–Crippen LogP) is -0.00470. The van der Waals surface area contributed by atoms with Crippen molar-refractivity contribution in [2.24, 2.45) is 0 Å². The molecule has 1 unspecified atom stereocenters. The molecule has 1 aliphatic rings. The van der Waals surface area contributed by atoms with Crippen LogP contribution in [0.25, 0.3) is 0 Å². The number of urea groups is 1. The van der Waals surface area contributed by atoms with Crippen LogP contribution in [0.4, 0.5) is 18.0 Å². The molecule has 0 aliphatic carbocycles. The Labute approximate surface area is 100 Å². The highest BCUT2D eigenvalue weighted by Crippen LogP contribution is 2.14. The third-order valence-electron chi connectivity index (χ3n) is 2.34. The smallest absolute Gasteiger partial charge is 0.329 e. The van der Waals surface area contributed by atoms with E-state index in [0.29, 0.717) is 0 Å². The van der Waals surface area contributed by atoms with Crippen molar-refractivity contribution in [1.29, 1.82) is 0 Å². The maximum atomic E-state index is 11.9. The summed E-state index contributed by atoms with van der Waals surface area (Å²) in [7, 11) is 0. The van der Waals surface area contributed by atoms with E-state index in [-0.39, 0.29) is 6.42 Å². The van der Waals surface area contributed by atoms with Gasteiger partial charge in [0.2, 0.25) is 11.8 Å². The molecule has 1 saturated heterocycles. The van der Waals surface area contributed by atoms with Gasteiger partial charge in [-0.15, -0.1) is 0 Å². The van der Waals surface area contributed by atoms with Crippen LogP contribution in [0, 0.1) is 0 Å². The number of nitrogens with one attached hydrogen (secondary N) is 2. The SMILES string of the molecule is CCC1C(=O)NC(=O)CN1C(=O)NCC(F)(F)F. The lowest BCUT2D eigenvalue weighted by Crippen LogP contribution is -2.61. The maximum Gasteiger partial charge on any atom is 0.405 e. The summed E-state index contributed by atoms with van der Waals surface area (Å²) in [5.74, 6) is -1.40. The zero-order valence-electron chi connectivity index (χ0n) is 9.50.